The number of rotatable bonds is 4. The second kappa shape index (κ2) is 6.47. The van der Waals surface area contributed by atoms with E-state index in [4.69, 9.17) is 0 Å². The van der Waals surface area contributed by atoms with Gasteiger partial charge in [0.25, 0.3) is 5.91 Å². The van der Waals surface area contributed by atoms with E-state index in [-0.39, 0.29) is 10.5 Å². The minimum Gasteiger partial charge on any atom is -0.322 e. The third-order valence-electron chi connectivity index (χ3n) is 3.48. The summed E-state index contributed by atoms with van der Waals surface area (Å²) in [4.78, 5) is 12.4. The molecule has 5 nitrogen and oxygen atoms in total. The van der Waals surface area contributed by atoms with E-state index < -0.39 is 21.7 Å². The molecule has 0 aliphatic heterocycles. The highest BCUT2D eigenvalue weighted by Crippen LogP contribution is 2.20. The molecule has 0 aliphatic rings. The molecule has 2 aromatic carbocycles. The van der Waals surface area contributed by atoms with Gasteiger partial charge >= 0.3 is 0 Å². The molecule has 0 fully saturated rings. The molecule has 0 saturated heterocycles. The zero-order valence-corrected chi connectivity index (χ0v) is 13.8. The van der Waals surface area contributed by atoms with Crippen LogP contribution >= 0.6 is 0 Å². The molecule has 0 radical (unpaired) electrons. The van der Waals surface area contributed by atoms with Crippen molar-refractivity contribution in [2.45, 2.75) is 18.7 Å². The van der Waals surface area contributed by atoms with Crippen molar-refractivity contribution >= 4 is 21.6 Å². The van der Waals surface area contributed by atoms with Crippen molar-refractivity contribution < 1.29 is 17.6 Å². The zero-order chi connectivity index (χ0) is 17.2. The van der Waals surface area contributed by atoms with Gasteiger partial charge in [0.1, 0.15) is 5.82 Å². The van der Waals surface area contributed by atoms with E-state index in [2.05, 4.69) is 10.0 Å². The van der Waals surface area contributed by atoms with Crippen molar-refractivity contribution in [1.82, 2.24) is 4.72 Å². The highest BCUT2D eigenvalue weighted by atomic mass is 32.2. The van der Waals surface area contributed by atoms with E-state index in [9.17, 15) is 17.6 Å². The molecule has 0 bridgehead atoms. The van der Waals surface area contributed by atoms with Crippen molar-refractivity contribution in [2.24, 2.45) is 0 Å². The van der Waals surface area contributed by atoms with Gasteiger partial charge in [-0.3, -0.25) is 4.79 Å². The highest BCUT2D eigenvalue weighted by Gasteiger charge is 2.17. The quantitative estimate of drug-likeness (QED) is 0.901. The van der Waals surface area contributed by atoms with Crippen molar-refractivity contribution in [3.63, 3.8) is 0 Å². The molecule has 2 N–H and O–H groups in total. The molecule has 0 aliphatic carbocycles. The number of hydrogen-bond acceptors (Lipinski definition) is 3. The second-order valence-electron chi connectivity index (χ2n) is 5.10. The zero-order valence-electron chi connectivity index (χ0n) is 13.0. The van der Waals surface area contributed by atoms with Gasteiger partial charge in [-0.1, -0.05) is 12.1 Å². The lowest BCUT2D eigenvalue weighted by Crippen LogP contribution is -2.20. The first-order valence-corrected chi connectivity index (χ1v) is 8.34. The predicted molar refractivity (Wildman–Crippen MR) is 86.5 cm³/mol. The van der Waals surface area contributed by atoms with Crippen LogP contribution in [0, 0.1) is 19.7 Å². The Labute approximate surface area is 134 Å². The number of sulfonamides is 1. The smallest absolute Gasteiger partial charge is 0.255 e. The van der Waals surface area contributed by atoms with Crippen molar-refractivity contribution in [2.75, 3.05) is 12.4 Å². The molecule has 0 saturated carbocycles. The molecular formula is C16H17FN2O3S. The standard InChI is InChI=1S/C16H17FN2O3S/c1-10-5-7-13(23(21,22)18-3)9-14(10)16(20)19-15-8-12(17)6-4-11(15)2/h4-9,18H,1-3H3,(H,19,20). The summed E-state index contributed by atoms with van der Waals surface area (Å²) in [6.45, 7) is 3.44. The maximum Gasteiger partial charge on any atom is 0.255 e. The predicted octanol–water partition coefficient (Wildman–Crippen LogP) is 2.60. The Balaban J connectivity index is 2.39. The van der Waals surface area contributed by atoms with Gasteiger partial charge in [0, 0.05) is 11.3 Å². The maximum atomic E-state index is 13.3. The van der Waals surface area contributed by atoms with Gasteiger partial charge < -0.3 is 5.32 Å². The fourth-order valence-electron chi connectivity index (χ4n) is 2.05. The van der Waals surface area contributed by atoms with Crippen LogP contribution in [0.15, 0.2) is 41.3 Å². The fourth-order valence-corrected chi connectivity index (χ4v) is 2.81. The maximum absolute atomic E-state index is 13.3. The molecule has 0 aromatic heterocycles. The van der Waals surface area contributed by atoms with Crippen molar-refractivity contribution in [1.29, 1.82) is 0 Å². The monoisotopic (exact) mass is 336 g/mol. The van der Waals surface area contributed by atoms with Crippen LogP contribution < -0.4 is 10.0 Å². The Morgan fingerprint density at radius 2 is 1.70 bits per heavy atom. The summed E-state index contributed by atoms with van der Waals surface area (Å²) in [6, 6.07) is 8.35. The SMILES string of the molecule is CNS(=O)(=O)c1ccc(C)c(C(=O)Nc2cc(F)ccc2C)c1. The van der Waals surface area contributed by atoms with Crippen molar-refractivity contribution in [3.05, 3.63) is 58.9 Å². The summed E-state index contributed by atoms with van der Waals surface area (Å²) < 4.78 is 39.2. The number of anilines is 1. The highest BCUT2D eigenvalue weighted by molar-refractivity contribution is 7.89. The lowest BCUT2D eigenvalue weighted by molar-refractivity contribution is 0.102. The van der Waals surface area contributed by atoms with Crippen LogP contribution in [0.3, 0.4) is 0 Å². The number of benzene rings is 2. The fraction of sp³-hybridized carbons (Fsp3) is 0.188. The van der Waals surface area contributed by atoms with E-state index in [0.717, 1.165) is 0 Å². The van der Waals surface area contributed by atoms with Gasteiger partial charge in [-0.2, -0.15) is 0 Å². The lowest BCUT2D eigenvalue weighted by Gasteiger charge is -2.11. The van der Waals surface area contributed by atoms with E-state index >= 15 is 0 Å². The number of nitrogens with one attached hydrogen (secondary N) is 2. The van der Waals surface area contributed by atoms with Gasteiger partial charge in [-0.15, -0.1) is 0 Å². The number of carbonyl (C=O) groups excluding carboxylic acids is 1. The molecule has 0 spiro atoms. The second-order valence-corrected chi connectivity index (χ2v) is 6.98. The molecule has 0 atom stereocenters. The third-order valence-corrected chi connectivity index (χ3v) is 4.89. The average molecular weight is 336 g/mol. The molecule has 2 rings (SSSR count). The first kappa shape index (κ1) is 17.1. The van der Waals surface area contributed by atoms with Gasteiger partial charge in [0.15, 0.2) is 0 Å². The number of halogens is 1. The van der Waals surface area contributed by atoms with Gasteiger partial charge in [-0.05, 0) is 56.3 Å². The van der Waals surface area contributed by atoms with Crippen LogP contribution in [0.2, 0.25) is 0 Å². The molecule has 1 amide bonds. The Hall–Kier alpha value is -2.25. The Kier molecular flexibility index (Phi) is 4.82. The average Bonchev–Trinajstić information content (AvgIpc) is 2.51. The topological polar surface area (TPSA) is 75.3 Å². The minimum atomic E-state index is -3.65. The van der Waals surface area contributed by atoms with Crippen LogP contribution in [-0.4, -0.2) is 21.4 Å². The summed E-state index contributed by atoms with van der Waals surface area (Å²) in [5.41, 5.74) is 1.88. The Bertz CT molecular complexity index is 864. The number of hydrogen-bond donors (Lipinski definition) is 2. The minimum absolute atomic E-state index is 0.00767. The Morgan fingerprint density at radius 3 is 2.35 bits per heavy atom. The van der Waals surface area contributed by atoms with Crippen LogP contribution in [0.25, 0.3) is 0 Å². The molecule has 122 valence electrons. The molecule has 2 aromatic rings. The summed E-state index contributed by atoms with van der Waals surface area (Å²) in [5.74, 6) is -0.960. The molecule has 23 heavy (non-hydrogen) atoms. The molecule has 0 heterocycles. The van der Waals surface area contributed by atoms with Crippen LogP contribution in [0.5, 0.6) is 0 Å². The largest absolute Gasteiger partial charge is 0.322 e. The summed E-state index contributed by atoms with van der Waals surface area (Å²) >= 11 is 0. The van der Waals surface area contributed by atoms with Crippen LogP contribution in [0.4, 0.5) is 10.1 Å². The van der Waals surface area contributed by atoms with Crippen LogP contribution in [0.1, 0.15) is 21.5 Å². The van der Waals surface area contributed by atoms with E-state index in [0.29, 0.717) is 16.8 Å². The number of amides is 1. The van der Waals surface area contributed by atoms with Gasteiger partial charge in [-0.25, -0.2) is 17.5 Å². The third kappa shape index (κ3) is 3.75. The van der Waals surface area contributed by atoms with Crippen LogP contribution in [-0.2, 0) is 10.0 Å². The Morgan fingerprint density at radius 1 is 1.04 bits per heavy atom. The molecular weight excluding hydrogens is 319 g/mol. The summed E-state index contributed by atoms with van der Waals surface area (Å²) in [6.07, 6.45) is 0. The summed E-state index contributed by atoms with van der Waals surface area (Å²) in [7, 11) is -2.35. The summed E-state index contributed by atoms with van der Waals surface area (Å²) in [5, 5.41) is 2.61. The first-order valence-electron chi connectivity index (χ1n) is 6.86. The first-order chi connectivity index (χ1) is 10.7. The number of carbonyl (C=O) groups is 1. The van der Waals surface area contributed by atoms with E-state index in [1.54, 1.807) is 26.0 Å². The molecule has 0 unspecified atom stereocenters. The van der Waals surface area contributed by atoms with E-state index in [1.165, 1.54) is 31.3 Å². The molecule has 7 heteroatoms. The van der Waals surface area contributed by atoms with E-state index in [1.807, 2.05) is 0 Å². The lowest BCUT2D eigenvalue weighted by atomic mass is 10.1. The van der Waals surface area contributed by atoms with Crippen molar-refractivity contribution in [3.8, 4) is 0 Å². The van der Waals surface area contributed by atoms with Gasteiger partial charge in [0.2, 0.25) is 10.0 Å². The van der Waals surface area contributed by atoms with Gasteiger partial charge in [0.05, 0.1) is 4.90 Å². The normalized spacial score (nSPS) is 11.3. The number of aryl methyl sites for hydroxylation is 2.